The van der Waals surface area contributed by atoms with E-state index in [-0.39, 0.29) is 18.1 Å². The lowest BCUT2D eigenvalue weighted by atomic mass is 10.1. The summed E-state index contributed by atoms with van der Waals surface area (Å²) in [5.74, 6) is 0.899. The molecule has 0 unspecified atom stereocenters. The van der Waals surface area contributed by atoms with Crippen LogP contribution < -0.4 is 14.8 Å². The number of ether oxygens (including phenoxy) is 2. The van der Waals surface area contributed by atoms with Crippen LogP contribution in [0.5, 0.6) is 11.5 Å². The van der Waals surface area contributed by atoms with Crippen LogP contribution in [0.4, 0.5) is 10.1 Å². The molecule has 0 fully saturated rings. The Balaban J connectivity index is 1.73. The molecule has 0 aliphatic carbocycles. The van der Waals surface area contributed by atoms with Crippen LogP contribution in [-0.4, -0.2) is 29.7 Å². The Morgan fingerprint density at radius 3 is 2.47 bits per heavy atom. The van der Waals surface area contributed by atoms with Crippen molar-refractivity contribution in [2.45, 2.75) is 19.4 Å². The van der Waals surface area contributed by atoms with Crippen LogP contribution >= 0.6 is 23.2 Å². The summed E-state index contributed by atoms with van der Waals surface area (Å²) < 4.78 is 26.7. The maximum absolute atomic E-state index is 14.4. The number of methoxy groups -OCH3 is 2. The highest BCUT2D eigenvalue weighted by atomic mass is 35.5. The van der Waals surface area contributed by atoms with Gasteiger partial charge in [0.2, 0.25) is 5.91 Å². The number of nitrogens with zero attached hydrogens (tertiary/aromatic N) is 2. The predicted octanol–water partition coefficient (Wildman–Crippen LogP) is 6.29. The summed E-state index contributed by atoms with van der Waals surface area (Å²) in [6, 6.07) is 14.2. The predicted molar refractivity (Wildman–Crippen MR) is 132 cm³/mol. The van der Waals surface area contributed by atoms with E-state index in [1.165, 1.54) is 20.3 Å². The van der Waals surface area contributed by atoms with E-state index in [1.807, 2.05) is 0 Å². The molecule has 0 radical (unpaired) electrons. The lowest BCUT2D eigenvalue weighted by Gasteiger charge is -2.18. The number of imidazole rings is 1. The van der Waals surface area contributed by atoms with Gasteiger partial charge in [-0.2, -0.15) is 0 Å². The molecule has 4 rings (SSSR count). The topological polar surface area (TPSA) is 65.4 Å². The van der Waals surface area contributed by atoms with Gasteiger partial charge in [-0.05, 0) is 42.8 Å². The molecular weight excluding hydrogens is 480 g/mol. The second-order valence-corrected chi connectivity index (χ2v) is 8.47. The Hall–Kier alpha value is -3.29. The summed E-state index contributed by atoms with van der Waals surface area (Å²) in [5, 5.41) is 3.57. The molecule has 34 heavy (non-hydrogen) atoms. The number of nitrogens with one attached hydrogen (secondary N) is 1. The first kappa shape index (κ1) is 23.9. The highest BCUT2D eigenvalue weighted by molar-refractivity contribution is 6.42. The number of anilines is 1. The second kappa shape index (κ2) is 9.91. The molecule has 1 aromatic heterocycles. The van der Waals surface area contributed by atoms with Crippen molar-refractivity contribution >= 4 is 45.8 Å². The third kappa shape index (κ3) is 4.67. The molecule has 1 atom stereocenters. The molecule has 0 aliphatic heterocycles. The summed E-state index contributed by atoms with van der Waals surface area (Å²) in [4.78, 5) is 17.9. The summed E-state index contributed by atoms with van der Waals surface area (Å²) in [5.41, 5.74) is 2.18. The van der Waals surface area contributed by atoms with E-state index in [0.717, 1.165) is 0 Å². The van der Waals surface area contributed by atoms with Gasteiger partial charge in [-0.1, -0.05) is 41.4 Å². The lowest BCUT2D eigenvalue weighted by Crippen LogP contribution is -2.25. The van der Waals surface area contributed by atoms with Crippen molar-refractivity contribution in [2.75, 3.05) is 19.5 Å². The van der Waals surface area contributed by atoms with E-state index in [1.54, 1.807) is 60.0 Å². The Bertz CT molecular complexity index is 1370. The molecule has 0 saturated heterocycles. The lowest BCUT2D eigenvalue weighted by molar-refractivity contribution is -0.118. The number of rotatable bonds is 7. The summed E-state index contributed by atoms with van der Waals surface area (Å²) in [6.07, 6.45) is 0.185. The summed E-state index contributed by atoms with van der Waals surface area (Å²) >= 11 is 12.5. The zero-order valence-electron chi connectivity index (χ0n) is 18.7. The molecule has 0 bridgehead atoms. The van der Waals surface area contributed by atoms with Gasteiger partial charge in [0, 0.05) is 18.2 Å². The van der Waals surface area contributed by atoms with Crippen molar-refractivity contribution < 1.29 is 18.7 Å². The SMILES string of the molecule is COc1ccc(NC(=O)[C@@H](C)n2c(Cc3ccccc3F)nc3cc(Cl)c(Cl)cc32)cc1OC. The number of aromatic nitrogens is 2. The average Bonchev–Trinajstić information content (AvgIpc) is 3.16. The van der Waals surface area contributed by atoms with Crippen molar-refractivity contribution in [1.29, 1.82) is 0 Å². The Kier molecular flexibility index (Phi) is 6.95. The Morgan fingerprint density at radius 2 is 1.76 bits per heavy atom. The highest BCUT2D eigenvalue weighted by Gasteiger charge is 2.24. The second-order valence-electron chi connectivity index (χ2n) is 7.66. The molecule has 0 aliphatic rings. The molecule has 9 heteroatoms. The number of carbonyl (C=O) groups is 1. The number of hydrogen-bond acceptors (Lipinski definition) is 4. The fourth-order valence-corrected chi connectivity index (χ4v) is 4.10. The smallest absolute Gasteiger partial charge is 0.247 e. The molecule has 1 amide bonds. The van der Waals surface area contributed by atoms with Gasteiger partial charge in [0.25, 0.3) is 0 Å². The zero-order chi connectivity index (χ0) is 24.4. The minimum atomic E-state index is -0.697. The third-order valence-corrected chi connectivity index (χ3v) is 6.25. The molecule has 1 heterocycles. The largest absolute Gasteiger partial charge is 0.493 e. The first-order valence-corrected chi connectivity index (χ1v) is 11.2. The molecule has 0 spiro atoms. The summed E-state index contributed by atoms with van der Waals surface area (Å²) in [7, 11) is 3.06. The maximum atomic E-state index is 14.4. The highest BCUT2D eigenvalue weighted by Crippen LogP contribution is 2.33. The molecular formula is C25H22Cl2FN3O3. The molecule has 1 N–H and O–H groups in total. The van der Waals surface area contributed by atoms with Crippen molar-refractivity contribution in [2.24, 2.45) is 0 Å². The fourth-order valence-electron chi connectivity index (χ4n) is 3.79. The van der Waals surface area contributed by atoms with Crippen LogP contribution in [0, 0.1) is 5.82 Å². The van der Waals surface area contributed by atoms with E-state index < -0.39 is 6.04 Å². The average molecular weight is 502 g/mol. The van der Waals surface area contributed by atoms with Gasteiger partial charge in [0.15, 0.2) is 11.5 Å². The molecule has 0 saturated carbocycles. The van der Waals surface area contributed by atoms with E-state index in [0.29, 0.717) is 49.7 Å². The van der Waals surface area contributed by atoms with Gasteiger partial charge >= 0.3 is 0 Å². The van der Waals surface area contributed by atoms with Gasteiger partial charge in [-0.3, -0.25) is 4.79 Å². The molecule has 3 aromatic carbocycles. The zero-order valence-corrected chi connectivity index (χ0v) is 20.2. The third-order valence-electron chi connectivity index (χ3n) is 5.53. The van der Waals surface area contributed by atoms with Gasteiger partial charge in [-0.15, -0.1) is 0 Å². The van der Waals surface area contributed by atoms with E-state index >= 15 is 0 Å². The van der Waals surface area contributed by atoms with E-state index in [2.05, 4.69) is 10.3 Å². The van der Waals surface area contributed by atoms with Gasteiger partial charge in [0.1, 0.15) is 17.7 Å². The van der Waals surface area contributed by atoms with Crippen LogP contribution in [-0.2, 0) is 11.2 Å². The normalized spacial score (nSPS) is 11.9. The minimum absolute atomic E-state index is 0.185. The monoisotopic (exact) mass is 501 g/mol. The number of hydrogen-bond donors (Lipinski definition) is 1. The van der Waals surface area contributed by atoms with Crippen molar-refractivity contribution in [3.8, 4) is 11.5 Å². The first-order chi connectivity index (χ1) is 16.3. The van der Waals surface area contributed by atoms with Gasteiger partial charge < -0.3 is 19.4 Å². The Labute approximate surface area is 206 Å². The molecule has 176 valence electrons. The van der Waals surface area contributed by atoms with Crippen molar-refractivity contribution in [3.63, 3.8) is 0 Å². The van der Waals surface area contributed by atoms with Crippen LogP contribution in [0.15, 0.2) is 54.6 Å². The van der Waals surface area contributed by atoms with Crippen LogP contribution in [0.1, 0.15) is 24.4 Å². The van der Waals surface area contributed by atoms with Crippen LogP contribution in [0.3, 0.4) is 0 Å². The van der Waals surface area contributed by atoms with Crippen LogP contribution in [0.25, 0.3) is 11.0 Å². The maximum Gasteiger partial charge on any atom is 0.247 e. The number of fused-ring (bicyclic) bond motifs is 1. The van der Waals surface area contributed by atoms with Crippen molar-refractivity contribution in [3.05, 3.63) is 81.8 Å². The molecule has 6 nitrogen and oxygen atoms in total. The number of benzene rings is 3. The number of carbonyl (C=O) groups excluding carboxylic acids is 1. The van der Waals surface area contributed by atoms with E-state index in [9.17, 15) is 9.18 Å². The standard InChI is InChI=1S/C25H22Cl2FN3O3/c1-14(25(32)29-16-8-9-22(33-2)23(11-16)34-3)31-21-13-18(27)17(26)12-20(21)30-24(31)10-15-6-4-5-7-19(15)28/h4-9,11-14H,10H2,1-3H3,(H,29,32)/t14-/m1/s1. The van der Waals surface area contributed by atoms with Gasteiger partial charge in [0.05, 0.1) is 35.3 Å². The number of amides is 1. The first-order valence-electron chi connectivity index (χ1n) is 10.4. The quantitative estimate of drug-likeness (QED) is 0.323. The van der Waals surface area contributed by atoms with Gasteiger partial charge in [-0.25, -0.2) is 9.37 Å². The Morgan fingerprint density at radius 1 is 1.06 bits per heavy atom. The van der Waals surface area contributed by atoms with Crippen molar-refractivity contribution in [1.82, 2.24) is 9.55 Å². The van der Waals surface area contributed by atoms with E-state index in [4.69, 9.17) is 32.7 Å². The summed E-state index contributed by atoms with van der Waals surface area (Å²) in [6.45, 7) is 1.74. The minimum Gasteiger partial charge on any atom is -0.493 e. The van der Waals surface area contributed by atoms with Crippen LogP contribution in [0.2, 0.25) is 10.0 Å². The molecule has 4 aromatic rings. The fraction of sp³-hybridized carbons (Fsp3) is 0.200. The number of halogens is 3.